The summed E-state index contributed by atoms with van der Waals surface area (Å²) in [5.41, 5.74) is 6.70. The zero-order chi connectivity index (χ0) is 16.9. The van der Waals surface area contributed by atoms with Crippen LogP contribution in [0.2, 0.25) is 0 Å². The first kappa shape index (κ1) is 15.6. The van der Waals surface area contributed by atoms with Gasteiger partial charge >= 0.3 is 0 Å². The normalized spacial score (nSPS) is 10.9. The number of nitrogens with one attached hydrogen (secondary N) is 1. The fraction of sp³-hybridized carbons (Fsp3) is 0.111. The Labute approximate surface area is 139 Å². The molecule has 3 aromatic rings. The molecule has 120 valence electrons. The highest BCUT2D eigenvalue weighted by Crippen LogP contribution is 2.16. The number of benzene rings is 1. The smallest absolute Gasteiger partial charge is 0.267 e. The van der Waals surface area contributed by atoms with Crippen molar-refractivity contribution in [2.45, 2.75) is 13.8 Å². The van der Waals surface area contributed by atoms with Crippen molar-refractivity contribution in [1.82, 2.24) is 20.2 Å². The van der Waals surface area contributed by atoms with Crippen molar-refractivity contribution in [3.05, 3.63) is 77.4 Å². The van der Waals surface area contributed by atoms with E-state index >= 15 is 0 Å². The summed E-state index contributed by atoms with van der Waals surface area (Å²) in [6.07, 6.45) is 4.75. The van der Waals surface area contributed by atoms with Crippen molar-refractivity contribution in [2.24, 2.45) is 5.10 Å². The van der Waals surface area contributed by atoms with E-state index in [9.17, 15) is 4.79 Å². The van der Waals surface area contributed by atoms with Gasteiger partial charge in [0.05, 0.1) is 23.3 Å². The number of carbonyl (C=O) groups is 1. The van der Waals surface area contributed by atoms with E-state index in [1.54, 1.807) is 30.7 Å². The minimum absolute atomic E-state index is 0.278. The minimum Gasteiger partial charge on any atom is -0.267 e. The van der Waals surface area contributed by atoms with E-state index in [-0.39, 0.29) is 5.91 Å². The Morgan fingerprint density at radius 2 is 1.83 bits per heavy atom. The maximum Gasteiger partial charge on any atom is 0.271 e. The van der Waals surface area contributed by atoms with Gasteiger partial charge in [0, 0.05) is 23.5 Å². The van der Waals surface area contributed by atoms with Gasteiger partial charge in [0.1, 0.15) is 0 Å². The van der Waals surface area contributed by atoms with Crippen molar-refractivity contribution < 1.29 is 4.79 Å². The Bertz CT molecular complexity index is 869. The topological polar surface area (TPSA) is 72.2 Å². The molecule has 1 aromatic carbocycles. The highest BCUT2D eigenvalue weighted by atomic mass is 16.2. The third kappa shape index (κ3) is 3.22. The molecule has 0 saturated heterocycles. The van der Waals surface area contributed by atoms with Crippen LogP contribution in [0.25, 0.3) is 5.69 Å². The molecule has 0 saturated carbocycles. The van der Waals surface area contributed by atoms with Gasteiger partial charge in [0.15, 0.2) is 0 Å². The van der Waals surface area contributed by atoms with E-state index in [0.717, 1.165) is 22.6 Å². The minimum atomic E-state index is -0.278. The summed E-state index contributed by atoms with van der Waals surface area (Å²) < 4.78 is 1.86. The van der Waals surface area contributed by atoms with Crippen LogP contribution in [-0.2, 0) is 0 Å². The molecule has 3 rings (SSSR count). The molecular weight excluding hydrogens is 302 g/mol. The third-order valence-corrected chi connectivity index (χ3v) is 3.65. The van der Waals surface area contributed by atoms with Gasteiger partial charge in [0.2, 0.25) is 0 Å². The highest BCUT2D eigenvalue weighted by Gasteiger charge is 2.11. The first-order valence-corrected chi connectivity index (χ1v) is 7.52. The molecule has 6 heteroatoms. The van der Waals surface area contributed by atoms with Gasteiger partial charge in [-0.25, -0.2) is 10.1 Å². The lowest BCUT2D eigenvalue weighted by molar-refractivity contribution is 0.0955. The highest BCUT2D eigenvalue weighted by molar-refractivity contribution is 5.94. The van der Waals surface area contributed by atoms with E-state index in [1.807, 2.05) is 48.9 Å². The average Bonchev–Trinajstić information content (AvgIpc) is 2.91. The molecule has 1 amide bonds. The Morgan fingerprint density at radius 1 is 1.12 bits per heavy atom. The van der Waals surface area contributed by atoms with Crippen LogP contribution in [-0.4, -0.2) is 26.9 Å². The van der Waals surface area contributed by atoms with Crippen LogP contribution in [0.15, 0.2) is 60.0 Å². The quantitative estimate of drug-likeness (QED) is 0.593. The number of pyridine rings is 1. The molecule has 0 aliphatic carbocycles. The summed E-state index contributed by atoms with van der Waals surface area (Å²) in [4.78, 5) is 15.8. The zero-order valence-corrected chi connectivity index (χ0v) is 13.5. The van der Waals surface area contributed by atoms with Crippen LogP contribution in [0, 0.1) is 13.8 Å². The molecule has 1 N–H and O–H groups in total. The Morgan fingerprint density at radius 3 is 2.54 bits per heavy atom. The molecule has 24 heavy (non-hydrogen) atoms. The summed E-state index contributed by atoms with van der Waals surface area (Å²) in [6, 6.07) is 13.1. The molecule has 0 unspecified atom stereocenters. The van der Waals surface area contributed by atoms with E-state index < -0.39 is 0 Å². The molecule has 6 nitrogen and oxygen atoms in total. The van der Waals surface area contributed by atoms with Crippen LogP contribution >= 0.6 is 0 Å². The van der Waals surface area contributed by atoms with Gasteiger partial charge in [0.25, 0.3) is 5.91 Å². The van der Waals surface area contributed by atoms with Crippen LogP contribution in [0.5, 0.6) is 0 Å². The molecule has 0 aliphatic rings. The Balaban J connectivity index is 1.78. The van der Waals surface area contributed by atoms with E-state index in [4.69, 9.17) is 0 Å². The predicted octanol–water partition coefficient (Wildman–Crippen LogP) is 2.65. The van der Waals surface area contributed by atoms with Gasteiger partial charge in [-0.1, -0.05) is 18.2 Å². The number of amides is 1. The number of carbonyl (C=O) groups excluding carboxylic acids is 1. The van der Waals surface area contributed by atoms with Gasteiger partial charge in [-0.2, -0.15) is 10.2 Å². The maximum absolute atomic E-state index is 12.0. The molecule has 0 bridgehead atoms. The van der Waals surface area contributed by atoms with Crippen molar-refractivity contribution in [3.8, 4) is 5.69 Å². The summed E-state index contributed by atoms with van der Waals surface area (Å²) in [7, 11) is 0. The maximum atomic E-state index is 12.0. The molecule has 0 spiro atoms. The monoisotopic (exact) mass is 319 g/mol. The van der Waals surface area contributed by atoms with Gasteiger partial charge in [-0.15, -0.1) is 0 Å². The summed E-state index contributed by atoms with van der Waals surface area (Å²) in [5, 5.41) is 8.59. The first-order chi connectivity index (χ1) is 11.7. The summed E-state index contributed by atoms with van der Waals surface area (Å²) >= 11 is 0. The van der Waals surface area contributed by atoms with Gasteiger partial charge in [-0.3, -0.25) is 9.78 Å². The van der Waals surface area contributed by atoms with Crippen LogP contribution < -0.4 is 5.43 Å². The number of hydrazone groups is 1. The van der Waals surface area contributed by atoms with Gasteiger partial charge in [-0.05, 0) is 38.1 Å². The lowest BCUT2D eigenvalue weighted by Crippen LogP contribution is -2.17. The molecule has 2 heterocycles. The number of para-hydroxylation sites is 1. The lowest BCUT2D eigenvalue weighted by atomic mass is 10.2. The SMILES string of the molecule is Cc1nn(-c2ccccc2)c(C)c1/C=N\NC(=O)c1ccncc1. The number of hydrogen-bond donors (Lipinski definition) is 1. The molecule has 0 fully saturated rings. The average molecular weight is 319 g/mol. The van der Waals surface area contributed by atoms with E-state index in [1.165, 1.54) is 0 Å². The largest absolute Gasteiger partial charge is 0.271 e. The second-order valence-corrected chi connectivity index (χ2v) is 5.27. The molecule has 0 radical (unpaired) electrons. The summed E-state index contributed by atoms with van der Waals surface area (Å²) in [5.74, 6) is -0.278. The summed E-state index contributed by atoms with van der Waals surface area (Å²) in [6.45, 7) is 3.89. The third-order valence-electron chi connectivity index (χ3n) is 3.65. The standard InChI is InChI=1S/C18H17N5O/c1-13-17(12-20-21-18(24)15-8-10-19-11-9-15)14(2)23(22-13)16-6-4-3-5-7-16/h3-12H,1-2H3,(H,21,24)/b20-12-. The van der Waals surface area contributed by atoms with Crippen molar-refractivity contribution >= 4 is 12.1 Å². The second kappa shape index (κ2) is 6.87. The van der Waals surface area contributed by atoms with Crippen molar-refractivity contribution in [2.75, 3.05) is 0 Å². The number of aromatic nitrogens is 3. The molecule has 0 aliphatic heterocycles. The zero-order valence-electron chi connectivity index (χ0n) is 13.5. The second-order valence-electron chi connectivity index (χ2n) is 5.27. The van der Waals surface area contributed by atoms with Gasteiger partial charge < -0.3 is 0 Å². The van der Waals surface area contributed by atoms with Crippen molar-refractivity contribution in [3.63, 3.8) is 0 Å². The van der Waals surface area contributed by atoms with Crippen LogP contribution in [0.4, 0.5) is 0 Å². The van der Waals surface area contributed by atoms with Crippen LogP contribution in [0.1, 0.15) is 27.3 Å². The fourth-order valence-corrected chi connectivity index (χ4v) is 2.39. The number of aryl methyl sites for hydroxylation is 1. The van der Waals surface area contributed by atoms with E-state index in [0.29, 0.717) is 5.56 Å². The molecule has 0 atom stereocenters. The Kier molecular flexibility index (Phi) is 4.47. The van der Waals surface area contributed by atoms with Crippen molar-refractivity contribution in [1.29, 1.82) is 0 Å². The fourth-order valence-electron chi connectivity index (χ4n) is 2.39. The molecule has 2 aromatic heterocycles. The lowest BCUT2D eigenvalue weighted by Gasteiger charge is -2.03. The molecular formula is C18H17N5O. The van der Waals surface area contributed by atoms with E-state index in [2.05, 4.69) is 20.6 Å². The number of rotatable bonds is 4. The predicted molar refractivity (Wildman–Crippen MR) is 92.3 cm³/mol. The number of nitrogens with zero attached hydrogens (tertiary/aromatic N) is 4. The Hall–Kier alpha value is -3.28. The van der Waals surface area contributed by atoms with Crippen LogP contribution in [0.3, 0.4) is 0 Å². The number of hydrogen-bond acceptors (Lipinski definition) is 4. The first-order valence-electron chi connectivity index (χ1n) is 7.52.